The van der Waals surface area contributed by atoms with E-state index in [0.29, 0.717) is 18.0 Å². The molecule has 0 aliphatic rings. The summed E-state index contributed by atoms with van der Waals surface area (Å²) in [7, 11) is 1.59. The number of methoxy groups -OCH3 is 1. The molecule has 3 aromatic rings. The molecule has 0 aliphatic carbocycles. The number of carbonyl (C=O) groups is 1. The van der Waals surface area contributed by atoms with E-state index in [2.05, 4.69) is 10.3 Å². The highest BCUT2D eigenvalue weighted by molar-refractivity contribution is 7.09. The third-order valence-corrected chi connectivity index (χ3v) is 4.50. The minimum absolute atomic E-state index is 0.215. The molecule has 0 unspecified atom stereocenters. The SMILES string of the molecule is COc1cccc(NC(=O)/C=C/c2cccc(OCc3csc(C)n3)c2)c1. The van der Waals surface area contributed by atoms with Crippen molar-refractivity contribution in [2.45, 2.75) is 13.5 Å². The van der Waals surface area contributed by atoms with Crippen LogP contribution < -0.4 is 14.8 Å². The molecule has 1 N–H and O–H groups in total. The first-order valence-electron chi connectivity index (χ1n) is 8.39. The maximum atomic E-state index is 12.1. The van der Waals surface area contributed by atoms with Crippen LogP contribution in [0.25, 0.3) is 6.08 Å². The Kier molecular flexibility index (Phi) is 6.22. The van der Waals surface area contributed by atoms with E-state index in [4.69, 9.17) is 9.47 Å². The van der Waals surface area contributed by atoms with Crippen molar-refractivity contribution in [1.29, 1.82) is 0 Å². The molecule has 0 radical (unpaired) electrons. The summed E-state index contributed by atoms with van der Waals surface area (Å²) in [6.07, 6.45) is 3.23. The largest absolute Gasteiger partial charge is 0.497 e. The number of anilines is 1. The molecule has 1 aromatic heterocycles. The Morgan fingerprint density at radius 1 is 1.19 bits per heavy atom. The number of carbonyl (C=O) groups excluding carboxylic acids is 1. The molecular weight excluding hydrogens is 360 g/mol. The lowest BCUT2D eigenvalue weighted by Gasteiger charge is -2.06. The standard InChI is InChI=1S/C21H20N2O3S/c1-15-22-18(14-27-15)13-26-20-8-3-5-16(11-20)9-10-21(24)23-17-6-4-7-19(12-17)25-2/h3-12,14H,13H2,1-2H3,(H,23,24)/b10-9+. The van der Waals surface area contributed by atoms with Gasteiger partial charge in [-0.2, -0.15) is 0 Å². The number of ether oxygens (including phenoxy) is 2. The van der Waals surface area contributed by atoms with Crippen LogP contribution in [0.5, 0.6) is 11.5 Å². The number of aryl methyl sites for hydroxylation is 1. The fourth-order valence-corrected chi connectivity index (χ4v) is 2.99. The number of hydrogen-bond donors (Lipinski definition) is 1. The van der Waals surface area contributed by atoms with Crippen LogP contribution in [0.4, 0.5) is 5.69 Å². The van der Waals surface area contributed by atoms with Crippen LogP contribution in [0.2, 0.25) is 0 Å². The molecule has 27 heavy (non-hydrogen) atoms. The molecule has 1 amide bonds. The Labute approximate surface area is 162 Å². The second-order valence-electron chi connectivity index (χ2n) is 5.77. The van der Waals surface area contributed by atoms with Crippen molar-refractivity contribution in [3.8, 4) is 11.5 Å². The van der Waals surface area contributed by atoms with Crippen LogP contribution in [0.15, 0.2) is 60.0 Å². The molecule has 0 aliphatic heterocycles. The van der Waals surface area contributed by atoms with Crippen molar-refractivity contribution in [2.75, 3.05) is 12.4 Å². The Bertz CT molecular complexity index is 950. The maximum absolute atomic E-state index is 12.1. The molecule has 6 heteroatoms. The van der Waals surface area contributed by atoms with Gasteiger partial charge in [0.15, 0.2) is 0 Å². The van der Waals surface area contributed by atoms with Gasteiger partial charge in [0.2, 0.25) is 5.91 Å². The summed E-state index contributed by atoms with van der Waals surface area (Å²) >= 11 is 1.60. The van der Waals surface area contributed by atoms with Crippen LogP contribution in [0, 0.1) is 6.92 Å². The summed E-state index contributed by atoms with van der Waals surface area (Å²) in [6.45, 7) is 2.39. The Morgan fingerprint density at radius 3 is 2.78 bits per heavy atom. The van der Waals surface area contributed by atoms with Crippen LogP contribution in [0.1, 0.15) is 16.3 Å². The summed E-state index contributed by atoms with van der Waals surface area (Å²) in [5.41, 5.74) is 2.47. The Hall–Kier alpha value is -3.12. The highest BCUT2D eigenvalue weighted by atomic mass is 32.1. The van der Waals surface area contributed by atoms with E-state index < -0.39 is 0 Å². The fourth-order valence-electron chi connectivity index (χ4n) is 2.40. The Morgan fingerprint density at radius 2 is 2.00 bits per heavy atom. The fraction of sp³-hybridized carbons (Fsp3) is 0.143. The quantitative estimate of drug-likeness (QED) is 0.604. The average Bonchev–Trinajstić information content (AvgIpc) is 3.10. The molecule has 0 saturated heterocycles. The summed E-state index contributed by atoms with van der Waals surface area (Å²) in [6, 6.07) is 14.8. The normalized spacial score (nSPS) is 10.7. The van der Waals surface area contributed by atoms with Crippen LogP contribution in [-0.2, 0) is 11.4 Å². The van der Waals surface area contributed by atoms with Crippen molar-refractivity contribution in [2.24, 2.45) is 0 Å². The molecule has 0 bridgehead atoms. The lowest BCUT2D eigenvalue weighted by atomic mass is 10.2. The first-order chi connectivity index (χ1) is 13.1. The smallest absolute Gasteiger partial charge is 0.248 e. The van der Waals surface area contributed by atoms with Crippen LogP contribution in [-0.4, -0.2) is 18.0 Å². The van der Waals surface area contributed by atoms with Gasteiger partial charge >= 0.3 is 0 Å². The predicted molar refractivity (Wildman–Crippen MR) is 108 cm³/mol. The molecule has 0 spiro atoms. The number of thiazole rings is 1. The van der Waals surface area contributed by atoms with Gasteiger partial charge in [0.25, 0.3) is 0 Å². The van der Waals surface area contributed by atoms with Gasteiger partial charge in [0.05, 0.1) is 17.8 Å². The van der Waals surface area contributed by atoms with Crippen LogP contribution >= 0.6 is 11.3 Å². The number of hydrogen-bond acceptors (Lipinski definition) is 5. The number of amides is 1. The van der Waals surface area contributed by atoms with Gasteiger partial charge in [-0.25, -0.2) is 4.98 Å². The van der Waals surface area contributed by atoms with E-state index in [0.717, 1.165) is 22.0 Å². The molecule has 1 heterocycles. The third kappa shape index (κ3) is 5.69. The van der Waals surface area contributed by atoms with E-state index in [1.165, 1.54) is 6.08 Å². The zero-order valence-corrected chi connectivity index (χ0v) is 16.0. The number of rotatable bonds is 7. The highest BCUT2D eigenvalue weighted by Crippen LogP contribution is 2.18. The van der Waals surface area contributed by atoms with Crippen molar-refractivity contribution in [3.63, 3.8) is 0 Å². The monoisotopic (exact) mass is 380 g/mol. The first kappa shape index (κ1) is 18.7. The number of benzene rings is 2. The van der Waals surface area contributed by atoms with Gasteiger partial charge in [0.1, 0.15) is 18.1 Å². The maximum Gasteiger partial charge on any atom is 0.248 e. The van der Waals surface area contributed by atoms with Gasteiger partial charge in [0, 0.05) is 23.2 Å². The molecule has 0 atom stereocenters. The van der Waals surface area contributed by atoms with Crippen molar-refractivity contribution in [1.82, 2.24) is 4.98 Å². The molecular formula is C21H20N2O3S. The number of nitrogens with one attached hydrogen (secondary N) is 1. The number of nitrogens with zero attached hydrogens (tertiary/aromatic N) is 1. The van der Waals surface area contributed by atoms with E-state index in [1.807, 2.05) is 54.8 Å². The molecule has 0 fully saturated rings. The summed E-state index contributed by atoms with van der Waals surface area (Å²) in [5, 5.41) is 5.82. The lowest BCUT2D eigenvalue weighted by Crippen LogP contribution is -2.07. The minimum Gasteiger partial charge on any atom is -0.497 e. The summed E-state index contributed by atoms with van der Waals surface area (Å²) < 4.78 is 10.9. The van der Waals surface area contributed by atoms with Crippen molar-refractivity contribution >= 4 is 29.0 Å². The van der Waals surface area contributed by atoms with Crippen molar-refractivity contribution < 1.29 is 14.3 Å². The Balaban J connectivity index is 1.58. The van der Waals surface area contributed by atoms with E-state index in [-0.39, 0.29) is 5.91 Å². The molecule has 0 saturated carbocycles. The lowest BCUT2D eigenvalue weighted by molar-refractivity contribution is -0.111. The molecule has 3 rings (SSSR count). The predicted octanol–water partition coefficient (Wildman–Crippen LogP) is 4.69. The summed E-state index contributed by atoms with van der Waals surface area (Å²) in [5.74, 6) is 1.21. The second kappa shape index (κ2) is 9.00. The molecule has 2 aromatic carbocycles. The minimum atomic E-state index is -0.215. The van der Waals surface area contributed by atoms with Gasteiger partial charge in [-0.1, -0.05) is 18.2 Å². The molecule has 5 nitrogen and oxygen atoms in total. The number of aromatic nitrogens is 1. The third-order valence-electron chi connectivity index (χ3n) is 3.68. The first-order valence-corrected chi connectivity index (χ1v) is 9.27. The van der Waals surface area contributed by atoms with E-state index >= 15 is 0 Å². The van der Waals surface area contributed by atoms with Crippen LogP contribution in [0.3, 0.4) is 0 Å². The zero-order chi connectivity index (χ0) is 19.1. The second-order valence-corrected chi connectivity index (χ2v) is 6.84. The van der Waals surface area contributed by atoms with Gasteiger partial charge in [-0.3, -0.25) is 4.79 Å². The molecule has 138 valence electrons. The highest BCUT2D eigenvalue weighted by Gasteiger charge is 2.02. The van der Waals surface area contributed by atoms with Gasteiger partial charge < -0.3 is 14.8 Å². The topological polar surface area (TPSA) is 60.5 Å². The van der Waals surface area contributed by atoms with Crippen molar-refractivity contribution in [3.05, 3.63) is 76.3 Å². The van der Waals surface area contributed by atoms with E-state index in [1.54, 1.807) is 30.6 Å². The van der Waals surface area contributed by atoms with E-state index in [9.17, 15) is 4.79 Å². The zero-order valence-electron chi connectivity index (χ0n) is 15.1. The average molecular weight is 380 g/mol. The van der Waals surface area contributed by atoms with Gasteiger partial charge in [-0.15, -0.1) is 11.3 Å². The van der Waals surface area contributed by atoms with Gasteiger partial charge in [-0.05, 0) is 42.8 Å². The summed E-state index contributed by atoms with van der Waals surface area (Å²) in [4.78, 5) is 16.5.